The summed E-state index contributed by atoms with van der Waals surface area (Å²) in [7, 11) is 1.87. The molecule has 88 valence electrons. The molecule has 3 heterocycles. The predicted molar refractivity (Wildman–Crippen MR) is 57.9 cm³/mol. The number of piperidine rings is 1. The number of hydrogen-bond acceptors (Lipinski definition) is 4. The Morgan fingerprint density at radius 3 is 2.75 bits per heavy atom. The third-order valence-corrected chi connectivity index (χ3v) is 3.52. The van der Waals surface area contributed by atoms with Crippen LogP contribution in [0.25, 0.3) is 0 Å². The van der Waals surface area contributed by atoms with Gasteiger partial charge < -0.3 is 15.2 Å². The second-order valence-corrected chi connectivity index (χ2v) is 4.94. The highest BCUT2D eigenvalue weighted by Crippen LogP contribution is 2.36. The van der Waals surface area contributed by atoms with Gasteiger partial charge in [-0.2, -0.15) is 5.10 Å². The maximum Gasteiger partial charge on any atom is 0.0958 e. The van der Waals surface area contributed by atoms with Gasteiger partial charge in [-0.15, -0.1) is 0 Å². The molecule has 2 fully saturated rings. The van der Waals surface area contributed by atoms with E-state index in [1.165, 1.54) is 0 Å². The van der Waals surface area contributed by atoms with Gasteiger partial charge in [0.15, 0.2) is 0 Å². The highest BCUT2D eigenvalue weighted by molar-refractivity contribution is 5.18. The lowest BCUT2D eigenvalue weighted by Gasteiger charge is -2.44. The largest absolute Gasteiger partial charge is 0.385 e. The Morgan fingerprint density at radius 2 is 2.19 bits per heavy atom. The van der Waals surface area contributed by atoms with E-state index in [0.717, 1.165) is 5.56 Å². The van der Waals surface area contributed by atoms with Gasteiger partial charge in [0.25, 0.3) is 0 Å². The van der Waals surface area contributed by atoms with Crippen LogP contribution in [-0.4, -0.2) is 40.2 Å². The van der Waals surface area contributed by atoms with Crippen LogP contribution in [-0.2, 0) is 17.4 Å². The predicted octanol–water partition coefficient (Wildman–Crippen LogP) is -0.241. The Labute approximate surface area is 94.4 Å². The minimum Gasteiger partial charge on any atom is -0.385 e. The smallest absolute Gasteiger partial charge is 0.0958 e. The molecule has 3 rings (SSSR count). The summed E-state index contributed by atoms with van der Waals surface area (Å²) < 4.78 is 7.21. The molecule has 0 amide bonds. The first kappa shape index (κ1) is 10.3. The Hall–Kier alpha value is -0.910. The number of nitrogens with one attached hydrogen (secondary N) is 1. The fourth-order valence-electron chi connectivity index (χ4n) is 2.81. The van der Waals surface area contributed by atoms with E-state index in [1.807, 2.05) is 13.2 Å². The number of aliphatic hydroxyl groups is 1. The zero-order valence-electron chi connectivity index (χ0n) is 9.39. The van der Waals surface area contributed by atoms with E-state index in [4.69, 9.17) is 4.74 Å². The fourth-order valence-corrected chi connectivity index (χ4v) is 2.81. The summed E-state index contributed by atoms with van der Waals surface area (Å²) in [4.78, 5) is 0. The first-order valence-electron chi connectivity index (χ1n) is 5.71. The highest BCUT2D eigenvalue weighted by atomic mass is 16.5. The molecule has 2 N–H and O–H groups in total. The number of hydrogen-bond donors (Lipinski definition) is 2. The summed E-state index contributed by atoms with van der Waals surface area (Å²) in [5.74, 6) is 0. The Bertz CT molecular complexity index is 378. The van der Waals surface area contributed by atoms with E-state index in [2.05, 4.69) is 10.4 Å². The summed E-state index contributed by atoms with van der Waals surface area (Å²) in [6.45, 7) is 1.39. The van der Waals surface area contributed by atoms with Gasteiger partial charge >= 0.3 is 0 Å². The molecular weight excluding hydrogens is 206 g/mol. The molecule has 1 aromatic rings. The van der Waals surface area contributed by atoms with E-state index >= 15 is 0 Å². The normalized spacial score (nSPS) is 38.6. The van der Waals surface area contributed by atoms with Crippen LogP contribution in [0.1, 0.15) is 18.4 Å². The summed E-state index contributed by atoms with van der Waals surface area (Å²) in [5, 5.41) is 18.3. The van der Waals surface area contributed by atoms with Crippen molar-refractivity contribution in [2.75, 3.05) is 13.2 Å². The maximum atomic E-state index is 10.7. The highest BCUT2D eigenvalue weighted by Gasteiger charge is 2.42. The van der Waals surface area contributed by atoms with Gasteiger partial charge in [0, 0.05) is 30.9 Å². The molecule has 2 unspecified atom stereocenters. The number of ether oxygens (including phenoxy) is 1. The van der Waals surface area contributed by atoms with Crippen LogP contribution in [0.5, 0.6) is 0 Å². The van der Waals surface area contributed by atoms with Crippen LogP contribution < -0.4 is 5.32 Å². The zero-order valence-corrected chi connectivity index (χ0v) is 9.39. The van der Waals surface area contributed by atoms with E-state index < -0.39 is 5.60 Å². The van der Waals surface area contributed by atoms with Crippen molar-refractivity contribution in [2.45, 2.75) is 30.5 Å². The van der Waals surface area contributed by atoms with Gasteiger partial charge in [0.2, 0.25) is 0 Å². The maximum absolute atomic E-state index is 10.7. The average Bonchev–Trinajstić information content (AvgIpc) is 2.64. The second-order valence-electron chi connectivity index (χ2n) is 4.94. The number of aryl methyl sites for hydroxylation is 1. The van der Waals surface area contributed by atoms with Crippen molar-refractivity contribution < 1.29 is 9.84 Å². The molecule has 5 heteroatoms. The molecule has 2 aliphatic rings. The second kappa shape index (κ2) is 3.55. The molecule has 2 atom stereocenters. The minimum absolute atomic E-state index is 0.262. The van der Waals surface area contributed by atoms with Crippen LogP contribution in [0.3, 0.4) is 0 Å². The SMILES string of the molecule is Cn1cc(C2(O)CC3COCC(C2)N3)cn1. The quantitative estimate of drug-likeness (QED) is 0.690. The number of aromatic nitrogens is 2. The molecule has 5 nitrogen and oxygen atoms in total. The molecule has 2 aliphatic heterocycles. The fraction of sp³-hybridized carbons (Fsp3) is 0.727. The number of fused-ring (bicyclic) bond motifs is 2. The van der Waals surface area contributed by atoms with Crippen molar-refractivity contribution >= 4 is 0 Å². The molecule has 2 saturated heterocycles. The van der Waals surface area contributed by atoms with Crippen molar-refractivity contribution in [1.82, 2.24) is 15.1 Å². The number of rotatable bonds is 1. The zero-order chi connectivity index (χ0) is 11.2. The lowest BCUT2D eigenvalue weighted by Crippen LogP contribution is -2.58. The Morgan fingerprint density at radius 1 is 1.50 bits per heavy atom. The molecule has 16 heavy (non-hydrogen) atoms. The van der Waals surface area contributed by atoms with Crippen LogP contribution in [0.4, 0.5) is 0 Å². The van der Waals surface area contributed by atoms with Gasteiger partial charge in [-0.25, -0.2) is 0 Å². The van der Waals surface area contributed by atoms with Crippen molar-refractivity contribution in [1.29, 1.82) is 0 Å². The third-order valence-electron chi connectivity index (χ3n) is 3.52. The molecule has 0 spiro atoms. The monoisotopic (exact) mass is 223 g/mol. The van der Waals surface area contributed by atoms with Crippen LogP contribution in [0, 0.1) is 0 Å². The van der Waals surface area contributed by atoms with Crippen molar-refractivity contribution in [2.24, 2.45) is 7.05 Å². The first-order valence-corrected chi connectivity index (χ1v) is 5.71. The van der Waals surface area contributed by atoms with E-state index in [1.54, 1.807) is 10.9 Å². The lowest BCUT2D eigenvalue weighted by atomic mass is 9.79. The topological polar surface area (TPSA) is 59.3 Å². The summed E-state index contributed by atoms with van der Waals surface area (Å²) in [6, 6.07) is 0.524. The molecule has 0 aromatic carbocycles. The number of nitrogens with zero attached hydrogens (tertiary/aromatic N) is 2. The Balaban J connectivity index is 1.87. The van der Waals surface area contributed by atoms with E-state index in [-0.39, 0.29) is 12.1 Å². The third kappa shape index (κ3) is 1.65. The van der Waals surface area contributed by atoms with E-state index in [0.29, 0.717) is 26.1 Å². The molecule has 1 aromatic heterocycles. The van der Waals surface area contributed by atoms with Gasteiger partial charge in [0.1, 0.15) is 0 Å². The molecule has 0 saturated carbocycles. The molecular formula is C11H17N3O2. The lowest BCUT2D eigenvalue weighted by molar-refractivity contribution is -0.0802. The molecule has 2 bridgehead atoms. The van der Waals surface area contributed by atoms with Crippen LogP contribution >= 0.6 is 0 Å². The first-order chi connectivity index (χ1) is 7.66. The van der Waals surface area contributed by atoms with Crippen LogP contribution in [0.15, 0.2) is 12.4 Å². The van der Waals surface area contributed by atoms with Crippen LogP contribution in [0.2, 0.25) is 0 Å². The Kier molecular flexibility index (Phi) is 2.27. The van der Waals surface area contributed by atoms with Crippen molar-refractivity contribution in [3.8, 4) is 0 Å². The molecule has 0 aliphatic carbocycles. The standard InChI is InChI=1S/C11H17N3O2/c1-14-5-8(4-12-14)11(15)2-9-6-16-7-10(3-11)13-9/h4-5,9-10,13,15H,2-3,6-7H2,1H3. The molecule has 0 radical (unpaired) electrons. The van der Waals surface area contributed by atoms with E-state index in [9.17, 15) is 5.11 Å². The average molecular weight is 223 g/mol. The summed E-state index contributed by atoms with van der Waals surface area (Å²) >= 11 is 0. The van der Waals surface area contributed by atoms with Crippen molar-refractivity contribution in [3.05, 3.63) is 18.0 Å². The van der Waals surface area contributed by atoms with Gasteiger partial charge in [-0.05, 0) is 12.8 Å². The van der Waals surface area contributed by atoms with Gasteiger partial charge in [-0.1, -0.05) is 0 Å². The van der Waals surface area contributed by atoms with Gasteiger partial charge in [-0.3, -0.25) is 4.68 Å². The minimum atomic E-state index is -0.737. The van der Waals surface area contributed by atoms with Gasteiger partial charge in [0.05, 0.1) is 25.0 Å². The van der Waals surface area contributed by atoms with Crippen molar-refractivity contribution in [3.63, 3.8) is 0 Å². The number of morpholine rings is 1. The summed E-state index contributed by atoms with van der Waals surface area (Å²) in [5.41, 5.74) is 0.187. The summed E-state index contributed by atoms with van der Waals surface area (Å²) in [6.07, 6.45) is 5.08.